The highest BCUT2D eigenvalue weighted by molar-refractivity contribution is 7.20. The van der Waals surface area contributed by atoms with Crippen molar-refractivity contribution < 1.29 is 19.2 Å². The third-order valence-electron chi connectivity index (χ3n) is 6.38. The minimum atomic E-state index is -0.328. The lowest BCUT2D eigenvalue weighted by Gasteiger charge is -2.34. The number of methoxy groups -OCH3 is 1. The average molecular weight is 447 g/mol. The SMILES string of the molecule is COC(=O)c1sc2nc(C)nc(N3CC[NH+](CC(=O)N4CCCCCC4)CC3)c2c1C. The number of thiophene rings is 1. The molecule has 168 valence electrons. The van der Waals surface area contributed by atoms with Crippen molar-refractivity contribution in [2.75, 3.05) is 57.8 Å². The molecule has 0 bridgehead atoms. The number of aromatic nitrogens is 2. The van der Waals surface area contributed by atoms with E-state index < -0.39 is 0 Å². The highest BCUT2D eigenvalue weighted by atomic mass is 32.1. The van der Waals surface area contributed by atoms with Crippen LogP contribution in [0.3, 0.4) is 0 Å². The van der Waals surface area contributed by atoms with Gasteiger partial charge in [0.15, 0.2) is 6.54 Å². The van der Waals surface area contributed by atoms with Crippen LogP contribution < -0.4 is 9.80 Å². The number of likely N-dealkylation sites (tertiary alicyclic amines) is 1. The van der Waals surface area contributed by atoms with Gasteiger partial charge in [-0.25, -0.2) is 14.8 Å². The quantitative estimate of drug-likeness (QED) is 0.711. The summed E-state index contributed by atoms with van der Waals surface area (Å²) in [7, 11) is 1.40. The lowest BCUT2D eigenvalue weighted by Crippen LogP contribution is -3.16. The number of nitrogens with zero attached hydrogens (tertiary/aromatic N) is 4. The number of quaternary nitrogens is 1. The van der Waals surface area contributed by atoms with Crippen molar-refractivity contribution in [1.29, 1.82) is 0 Å². The van der Waals surface area contributed by atoms with E-state index in [1.165, 1.54) is 36.2 Å². The first-order valence-electron chi connectivity index (χ1n) is 11.2. The maximum atomic E-state index is 12.8. The first-order valence-corrected chi connectivity index (χ1v) is 12.0. The van der Waals surface area contributed by atoms with Crippen molar-refractivity contribution in [2.45, 2.75) is 39.5 Å². The fourth-order valence-corrected chi connectivity index (χ4v) is 5.73. The Balaban J connectivity index is 1.46. The number of rotatable bonds is 4. The summed E-state index contributed by atoms with van der Waals surface area (Å²) in [5.74, 6) is 1.56. The molecule has 1 N–H and O–H groups in total. The summed E-state index contributed by atoms with van der Waals surface area (Å²) in [6.07, 6.45) is 4.74. The Labute approximate surface area is 187 Å². The number of carbonyl (C=O) groups excluding carboxylic acids is 2. The molecule has 0 atom stereocenters. The van der Waals surface area contributed by atoms with Crippen LogP contribution in [-0.2, 0) is 9.53 Å². The molecule has 0 aromatic carbocycles. The number of esters is 1. The van der Waals surface area contributed by atoms with Gasteiger partial charge in [-0.3, -0.25) is 4.79 Å². The largest absolute Gasteiger partial charge is 0.465 e. The predicted molar refractivity (Wildman–Crippen MR) is 121 cm³/mol. The smallest absolute Gasteiger partial charge is 0.348 e. The van der Waals surface area contributed by atoms with Crippen molar-refractivity contribution in [3.05, 3.63) is 16.3 Å². The molecule has 8 nitrogen and oxygen atoms in total. The first-order chi connectivity index (χ1) is 15.0. The van der Waals surface area contributed by atoms with Gasteiger partial charge in [0.25, 0.3) is 5.91 Å². The molecule has 2 aromatic heterocycles. The van der Waals surface area contributed by atoms with Gasteiger partial charge < -0.3 is 19.4 Å². The van der Waals surface area contributed by atoms with Crippen molar-refractivity contribution in [3.63, 3.8) is 0 Å². The van der Waals surface area contributed by atoms with E-state index in [1.54, 1.807) is 0 Å². The van der Waals surface area contributed by atoms with E-state index in [0.29, 0.717) is 23.2 Å². The second-order valence-electron chi connectivity index (χ2n) is 8.53. The summed E-state index contributed by atoms with van der Waals surface area (Å²) in [5.41, 5.74) is 0.882. The van der Waals surface area contributed by atoms with Crippen LogP contribution in [-0.4, -0.2) is 79.7 Å². The molecule has 0 radical (unpaired) electrons. The Hall–Kier alpha value is -2.26. The van der Waals surface area contributed by atoms with Gasteiger partial charge in [-0.2, -0.15) is 0 Å². The van der Waals surface area contributed by atoms with E-state index in [9.17, 15) is 9.59 Å². The number of ether oxygens (including phenoxy) is 1. The van der Waals surface area contributed by atoms with Crippen LogP contribution in [0, 0.1) is 13.8 Å². The fourth-order valence-electron chi connectivity index (χ4n) is 4.59. The zero-order valence-electron chi connectivity index (χ0n) is 18.7. The molecule has 2 fully saturated rings. The zero-order chi connectivity index (χ0) is 22.0. The summed E-state index contributed by atoms with van der Waals surface area (Å²) in [5, 5.41) is 0.945. The number of hydrogen-bond donors (Lipinski definition) is 1. The standard InChI is InChI=1S/C22H31N5O3S/c1-15-18-20(23-16(2)24-21(18)31-19(15)22(29)30-3)27-12-10-25(11-13-27)14-17(28)26-8-6-4-5-7-9-26/h4-14H2,1-3H3/p+1. The Morgan fingerprint density at radius 3 is 2.35 bits per heavy atom. The second kappa shape index (κ2) is 9.48. The molecule has 1 amide bonds. The molecule has 9 heteroatoms. The van der Waals surface area contributed by atoms with Gasteiger partial charge in [-0.15, -0.1) is 11.3 Å². The van der Waals surface area contributed by atoms with Crippen LogP contribution in [0.15, 0.2) is 0 Å². The van der Waals surface area contributed by atoms with Crippen LogP contribution in [0.1, 0.15) is 46.7 Å². The first kappa shape index (κ1) is 22.0. The fraction of sp³-hybridized carbons (Fsp3) is 0.636. The number of amides is 1. The molecule has 31 heavy (non-hydrogen) atoms. The van der Waals surface area contributed by atoms with Gasteiger partial charge in [-0.1, -0.05) is 12.8 Å². The highest BCUT2D eigenvalue weighted by Crippen LogP contribution is 2.35. The summed E-state index contributed by atoms with van der Waals surface area (Å²) in [6.45, 7) is 9.69. The lowest BCUT2D eigenvalue weighted by molar-refractivity contribution is -0.892. The van der Waals surface area contributed by atoms with Crippen molar-refractivity contribution >= 4 is 39.2 Å². The van der Waals surface area contributed by atoms with E-state index in [4.69, 9.17) is 9.72 Å². The molecular formula is C22H32N5O3S+. The molecule has 2 saturated heterocycles. The molecular weight excluding hydrogens is 414 g/mol. The number of aryl methyl sites for hydroxylation is 2. The van der Waals surface area contributed by atoms with E-state index in [1.807, 2.05) is 13.8 Å². The van der Waals surface area contributed by atoms with E-state index in [0.717, 1.165) is 73.7 Å². The van der Waals surface area contributed by atoms with Crippen LogP contribution >= 0.6 is 11.3 Å². The molecule has 0 unspecified atom stereocenters. The van der Waals surface area contributed by atoms with Crippen LogP contribution in [0.5, 0.6) is 0 Å². The third kappa shape index (κ3) is 4.67. The number of fused-ring (bicyclic) bond motifs is 1. The summed E-state index contributed by atoms with van der Waals surface area (Å²) in [6, 6.07) is 0. The molecule has 2 aliphatic heterocycles. The maximum Gasteiger partial charge on any atom is 0.348 e. The number of anilines is 1. The van der Waals surface area contributed by atoms with E-state index >= 15 is 0 Å². The molecule has 0 saturated carbocycles. The topological polar surface area (TPSA) is 80.1 Å². The number of piperazine rings is 1. The number of carbonyl (C=O) groups is 2. The van der Waals surface area contributed by atoms with Gasteiger partial charge in [0.1, 0.15) is 21.3 Å². The van der Waals surface area contributed by atoms with Crippen molar-refractivity contribution in [1.82, 2.24) is 14.9 Å². The Morgan fingerprint density at radius 2 is 1.71 bits per heavy atom. The predicted octanol–water partition coefficient (Wildman–Crippen LogP) is 1.20. The number of hydrogen-bond acceptors (Lipinski definition) is 7. The maximum absolute atomic E-state index is 12.8. The van der Waals surface area contributed by atoms with Gasteiger partial charge in [0.2, 0.25) is 0 Å². The zero-order valence-corrected chi connectivity index (χ0v) is 19.5. The summed E-state index contributed by atoms with van der Waals surface area (Å²) in [4.78, 5) is 41.3. The molecule has 2 aliphatic rings. The molecule has 4 heterocycles. The van der Waals surface area contributed by atoms with Crippen LogP contribution in [0.4, 0.5) is 5.82 Å². The van der Waals surface area contributed by atoms with Gasteiger partial charge in [0, 0.05) is 13.1 Å². The van der Waals surface area contributed by atoms with Gasteiger partial charge in [-0.05, 0) is 32.3 Å². The summed E-state index contributed by atoms with van der Waals surface area (Å²) >= 11 is 1.37. The molecule has 2 aromatic rings. The van der Waals surface area contributed by atoms with E-state index in [-0.39, 0.29) is 5.97 Å². The lowest BCUT2D eigenvalue weighted by atomic mass is 10.1. The van der Waals surface area contributed by atoms with E-state index in [2.05, 4.69) is 14.8 Å². The normalized spacial score (nSPS) is 18.3. The molecule has 0 aliphatic carbocycles. The van der Waals surface area contributed by atoms with Crippen LogP contribution in [0.2, 0.25) is 0 Å². The second-order valence-corrected chi connectivity index (χ2v) is 9.53. The third-order valence-corrected chi connectivity index (χ3v) is 7.55. The van der Waals surface area contributed by atoms with Crippen molar-refractivity contribution in [2.24, 2.45) is 0 Å². The molecule has 0 spiro atoms. The monoisotopic (exact) mass is 446 g/mol. The average Bonchev–Trinajstić information content (AvgIpc) is 2.94. The summed E-state index contributed by atoms with van der Waals surface area (Å²) < 4.78 is 4.94. The Morgan fingerprint density at radius 1 is 1.03 bits per heavy atom. The minimum Gasteiger partial charge on any atom is -0.465 e. The Kier molecular flexibility index (Phi) is 6.71. The Bertz CT molecular complexity index is 960. The number of nitrogens with one attached hydrogen (secondary N) is 1. The molecule has 4 rings (SSSR count). The van der Waals surface area contributed by atoms with Crippen molar-refractivity contribution in [3.8, 4) is 0 Å². The van der Waals surface area contributed by atoms with Gasteiger partial charge in [0.05, 0.1) is 38.7 Å². The minimum absolute atomic E-state index is 0.294. The highest BCUT2D eigenvalue weighted by Gasteiger charge is 2.28. The van der Waals surface area contributed by atoms with Gasteiger partial charge >= 0.3 is 5.97 Å². The van der Waals surface area contributed by atoms with Crippen LogP contribution in [0.25, 0.3) is 10.2 Å².